The summed E-state index contributed by atoms with van der Waals surface area (Å²) in [5.74, 6) is 7.13. The summed E-state index contributed by atoms with van der Waals surface area (Å²) < 4.78 is 15.9. The summed E-state index contributed by atoms with van der Waals surface area (Å²) in [5.41, 5.74) is 2.50. The Balaban J connectivity index is 1.95. The minimum absolute atomic E-state index is 0.0314. The van der Waals surface area contributed by atoms with Gasteiger partial charge in [-0.25, -0.2) is 15.8 Å². The standard InChI is InChI=1S/C11H19N5O3/c1-17-7-11-14-9(4-10(15-11)16-12)13-5-8-6-18-2-3-19-8/h4,8H,2-3,5-7,12H2,1H3,(H2,13,14,15,16). The van der Waals surface area contributed by atoms with Gasteiger partial charge in [-0.1, -0.05) is 0 Å². The van der Waals surface area contributed by atoms with Gasteiger partial charge < -0.3 is 25.0 Å². The van der Waals surface area contributed by atoms with Crippen molar-refractivity contribution in [1.82, 2.24) is 9.97 Å². The molecule has 1 unspecified atom stereocenters. The first-order valence-corrected chi connectivity index (χ1v) is 6.08. The summed E-state index contributed by atoms with van der Waals surface area (Å²) in [6.07, 6.45) is 0.0314. The van der Waals surface area contributed by atoms with Crippen LogP contribution in [0.2, 0.25) is 0 Å². The zero-order chi connectivity index (χ0) is 13.5. The third-order valence-corrected chi connectivity index (χ3v) is 2.59. The lowest BCUT2D eigenvalue weighted by molar-refractivity contribution is -0.0819. The fourth-order valence-electron chi connectivity index (χ4n) is 1.73. The molecule has 8 nitrogen and oxygen atoms in total. The number of methoxy groups -OCH3 is 1. The van der Waals surface area contributed by atoms with Crippen LogP contribution in [0.4, 0.5) is 11.6 Å². The van der Waals surface area contributed by atoms with Crippen LogP contribution in [0.15, 0.2) is 6.07 Å². The highest BCUT2D eigenvalue weighted by molar-refractivity contribution is 5.46. The van der Waals surface area contributed by atoms with Crippen LogP contribution in [0.3, 0.4) is 0 Å². The van der Waals surface area contributed by atoms with Crippen molar-refractivity contribution in [2.45, 2.75) is 12.7 Å². The Morgan fingerprint density at radius 2 is 2.26 bits per heavy atom. The van der Waals surface area contributed by atoms with E-state index in [2.05, 4.69) is 20.7 Å². The monoisotopic (exact) mass is 269 g/mol. The van der Waals surface area contributed by atoms with E-state index in [0.29, 0.717) is 50.4 Å². The van der Waals surface area contributed by atoms with Crippen LogP contribution in [-0.4, -0.2) is 49.5 Å². The van der Waals surface area contributed by atoms with Gasteiger partial charge in [-0.3, -0.25) is 0 Å². The summed E-state index contributed by atoms with van der Waals surface area (Å²) >= 11 is 0. The smallest absolute Gasteiger partial charge is 0.158 e. The fraction of sp³-hybridized carbons (Fsp3) is 0.636. The lowest BCUT2D eigenvalue weighted by Gasteiger charge is -2.23. The second kappa shape index (κ2) is 7.19. The fourth-order valence-corrected chi connectivity index (χ4v) is 1.73. The van der Waals surface area contributed by atoms with Crippen molar-refractivity contribution in [3.05, 3.63) is 11.9 Å². The van der Waals surface area contributed by atoms with E-state index >= 15 is 0 Å². The van der Waals surface area contributed by atoms with E-state index in [9.17, 15) is 0 Å². The number of nitrogens with one attached hydrogen (secondary N) is 2. The Kier molecular flexibility index (Phi) is 5.28. The van der Waals surface area contributed by atoms with E-state index in [1.807, 2.05) is 0 Å². The number of hydrogen-bond donors (Lipinski definition) is 3. The molecular formula is C11H19N5O3. The van der Waals surface area contributed by atoms with Gasteiger partial charge in [-0.15, -0.1) is 0 Å². The first-order valence-electron chi connectivity index (χ1n) is 6.08. The molecule has 0 spiro atoms. The molecule has 0 aliphatic carbocycles. The van der Waals surface area contributed by atoms with Crippen molar-refractivity contribution in [2.75, 3.05) is 44.2 Å². The van der Waals surface area contributed by atoms with E-state index in [1.54, 1.807) is 13.2 Å². The Bertz CT molecular complexity index is 398. The van der Waals surface area contributed by atoms with Gasteiger partial charge in [0.15, 0.2) is 5.82 Å². The van der Waals surface area contributed by atoms with Crippen LogP contribution in [0.5, 0.6) is 0 Å². The zero-order valence-corrected chi connectivity index (χ0v) is 10.9. The first kappa shape index (κ1) is 13.9. The highest BCUT2D eigenvalue weighted by Crippen LogP contribution is 2.12. The molecule has 0 bridgehead atoms. The van der Waals surface area contributed by atoms with Gasteiger partial charge in [0.1, 0.15) is 18.2 Å². The zero-order valence-electron chi connectivity index (χ0n) is 10.9. The van der Waals surface area contributed by atoms with Crippen LogP contribution in [-0.2, 0) is 20.8 Å². The molecule has 106 valence electrons. The van der Waals surface area contributed by atoms with E-state index in [4.69, 9.17) is 20.1 Å². The number of ether oxygens (including phenoxy) is 3. The third kappa shape index (κ3) is 4.28. The molecule has 1 saturated heterocycles. The molecular weight excluding hydrogens is 250 g/mol. The maximum absolute atomic E-state index is 5.54. The molecule has 1 aliphatic heterocycles. The molecule has 1 aromatic heterocycles. The van der Waals surface area contributed by atoms with Gasteiger partial charge in [-0.05, 0) is 0 Å². The maximum atomic E-state index is 5.54. The normalized spacial score (nSPS) is 19.2. The molecule has 0 aromatic carbocycles. The molecule has 0 radical (unpaired) electrons. The number of nitrogen functional groups attached to an aromatic ring is 1. The highest BCUT2D eigenvalue weighted by Gasteiger charge is 2.14. The average molecular weight is 269 g/mol. The maximum Gasteiger partial charge on any atom is 0.158 e. The number of nitrogens with zero attached hydrogens (tertiary/aromatic N) is 2. The predicted octanol–water partition coefficient (Wildman–Crippen LogP) is -0.264. The predicted molar refractivity (Wildman–Crippen MR) is 69.6 cm³/mol. The number of nitrogens with two attached hydrogens (primary N) is 1. The molecule has 1 fully saturated rings. The Morgan fingerprint density at radius 1 is 1.42 bits per heavy atom. The van der Waals surface area contributed by atoms with Gasteiger partial charge in [0.2, 0.25) is 0 Å². The van der Waals surface area contributed by atoms with Crippen LogP contribution in [0.1, 0.15) is 5.82 Å². The number of anilines is 2. The van der Waals surface area contributed by atoms with Gasteiger partial charge in [-0.2, -0.15) is 0 Å². The van der Waals surface area contributed by atoms with E-state index in [-0.39, 0.29) is 6.10 Å². The summed E-state index contributed by atoms with van der Waals surface area (Å²) in [7, 11) is 1.59. The van der Waals surface area contributed by atoms with Crippen molar-refractivity contribution in [2.24, 2.45) is 5.84 Å². The van der Waals surface area contributed by atoms with Gasteiger partial charge in [0.05, 0.1) is 25.9 Å². The van der Waals surface area contributed by atoms with E-state index < -0.39 is 0 Å². The molecule has 1 atom stereocenters. The van der Waals surface area contributed by atoms with E-state index in [0.717, 1.165) is 0 Å². The Morgan fingerprint density at radius 3 is 2.95 bits per heavy atom. The van der Waals surface area contributed by atoms with Crippen LogP contribution < -0.4 is 16.6 Å². The van der Waals surface area contributed by atoms with Crippen LogP contribution in [0.25, 0.3) is 0 Å². The lowest BCUT2D eigenvalue weighted by Crippen LogP contribution is -2.34. The Hall–Kier alpha value is -1.48. The van der Waals surface area contributed by atoms with E-state index in [1.165, 1.54) is 0 Å². The van der Waals surface area contributed by atoms with Gasteiger partial charge >= 0.3 is 0 Å². The quantitative estimate of drug-likeness (QED) is 0.479. The molecule has 19 heavy (non-hydrogen) atoms. The molecule has 2 heterocycles. The molecule has 1 aromatic rings. The number of aromatic nitrogens is 2. The van der Waals surface area contributed by atoms with Gasteiger partial charge in [0.25, 0.3) is 0 Å². The molecule has 4 N–H and O–H groups in total. The second-order valence-electron chi connectivity index (χ2n) is 4.08. The number of rotatable bonds is 6. The topological polar surface area (TPSA) is 104 Å². The summed E-state index contributed by atoms with van der Waals surface area (Å²) in [6, 6.07) is 1.73. The molecule has 8 heteroatoms. The van der Waals surface area contributed by atoms with Crippen molar-refractivity contribution in [3.8, 4) is 0 Å². The first-order chi connectivity index (χ1) is 9.31. The summed E-state index contributed by atoms with van der Waals surface area (Å²) in [6.45, 7) is 2.82. The van der Waals surface area contributed by atoms with Crippen LogP contribution in [0, 0.1) is 0 Å². The summed E-state index contributed by atoms with van der Waals surface area (Å²) in [5, 5.41) is 3.18. The molecule has 0 saturated carbocycles. The SMILES string of the molecule is COCc1nc(NN)cc(NCC2COCCO2)n1. The number of hydrogen-bond acceptors (Lipinski definition) is 8. The minimum Gasteiger partial charge on any atom is -0.377 e. The molecule has 2 rings (SSSR count). The average Bonchev–Trinajstić information content (AvgIpc) is 2.46. The highest BCUT2D eigenvalue weighted by atomic mass is 16.6. The van der Waals surface area contributed by atoms with Gasteiger partial charge in [0, 0.05) is 19.7 Å². The third-order valence-electron chi connectivity index (χ3n) is 2.59. The second-order valence-corrected chi connectivity index (χ2v) is 4.08. The van der Waals surface area contributed by atoms with Crippen molar-refractivity contribution in [3.63, 3.8) is 0 Å². The number of hydrazine groups is 1. The van der Waals surface area contributed by atoms with Crippen molar-refractivity contribution < 1.29 is 14.2 Å². The van der Waals surface area contributed by atoms with Crippen LogP contribution >= 0.6 is 0 Å². The van der Waals surface area contributed by atoms with Crippen molar-refractivity contribution >= 4 is 11.6 Å². The lowest BCUT2D eigenvalue weighted by atomic mass is 10.3. The minimum atomic E-state index is 0.0314. The van der Waals surface area contributed by atoms with Crippen molar-refractivity contribution in [1.29, 1.82) is 0 Å². The molecule has 1 aliphatic rings. The largest absolute Gasteiger partial charge is 0.377 e. The Labute approximate surface area is 111 Å². The molecule has 0 amide bonds. The summed E-state index contributed by atoms with van der Waals surface area (Å²) in [4.78, 5) is 8.48.